The van der Waals surface area contributed by atoms with Crippen LogP contribution in [0, 0.1) is 11.3 Å². The van der Waals surface area contributed by atoms with Crippen molar-refractivity contribution in [1.82, 2.24) is 9.88 Å². The maximum absolute atomic E-state index is 13.0. The number of ether oxygens (including phenoxy) is 2. The Labute approximate surface area is 162 Å². The van der Waals surface area contributed by atoms with Gasteiger partial charge in [0.25, 0.3) is 5.91 Å². The fourth-order valence-electron chi connectivity index (χ4n) is 3.23. The first-order chi connectivity index (χ1) is 13.7. The molecule has 1 aromatic heterocycles. The van der Waals surface area contributed by atoms with E-state index in [0.29, 0.717) is 48.9 Å². The Morgan fingerprint density at radius 3 is 2.75 bits per heavy atom. The highest BCUT2D eigenvalue weighted by atomic mass is 16.6. The molecule has 28 heavy (non-hydrogen) atoms. The van der Waals surface area contributed by atoms with Gasteiger partial charge < -0.3 is 14.4 Å². The number of benzene rings is 2. The van der Waals surface area contributed by atoms with Crippen LogP contribution in [0.25, 0.3) is 22.2 Å². The quantitative estimate of drug-likeness (QED) is 0.698. The second kappa shape index (κ2) is 7.57. The zero-order valence-electron chi connectivity index (χ0n) is 15.5. The van der Waals surface area contributed by atoms with Crippen LogP contribution >= 0.6 is 0 Å². The number of hydrogen-bond acceptors (Lipinski definition) is 5. The molecule has 2 aromatic carbocycles. The standard InChI is InChI=1S/C22H19N3O3/c1-25(10-4-9-23)22(26)17-14-19(24-18-6-3-2-5-16(17)18)15-7-8-20-21(13-15)28-12-11-27-20/h2-3,5-8,13-14H,4,10-12H2,1H3. The number of rotatable bonds is 4. The van der Waals surface area contributed by atoms with Crippen LogP contribution in [0.2, 0.25) is 0 Å². The van der Waals surface area contributed by atoms with E-state index in [1.54, 1.807) is 18.0 Å². The molecule has 0 unspecified atom stereocenters. The Bertz CT molecular complexity index is 1090. The first kappa shape index (κ1) is 17.8. The molecule has 6 heteroatoms. The van der Waals surface area contributed by atoms with E-state index in [0.717, 1.165) is 16.5 Å². The molecule has 0 aliphatic carbocycles. The Morgan fingerprint density at radius 1 is 1.14 bits per heavy atom. The Hall–Kier alpha value is -3.59. The molecule has 0 N–H and O–H groups in total. The second-order valence-electron chi connectivity index (χ2n) is 6.57. The van der Waals surface area contributed by atoms with Crippen molar-refractivity contribution in [3.8, 4) is 28.8 Å². The zero-order valence-corrected chi connectivity index (χ0v) is 15.5. The maximum atomic E-state index is 13.0. The van der Waals surface area contributed by atoms with Gasteiger partial charge in [-0.15, -0.1) is 0 Å². The van der Waals surface area contributed by atoms with Crippen molar-refractivity contribution in [3.05, 3.63) is 54.1 Å². The van der Waals surface area contributed by atoms with Gasteiger partial charge in [-0.2, -0.15) is 5.26 Å². The normalized spacial score (nSPS) is 12.4. The molecule has 2 heterocycles. The number of nitrogens with zero attached hydrogens (tertiary/aromatic N) is 3. The van der Waals surface area contributed by atoms with Crippen molar-refractivity contribution < 1.29 is 14.3 Å². The minimum absolute atomic E-state index is 0.132. The number of nitriles is 1. The van der Waals surface area contributed by atoms with Crippen molar-refractivity contribution >= 4 is 16.8 Å². The third kappa shape index (κ3) is 3.35. The van der Waals surface area contributed by atoms with Crippen LogP contribution in [0.1, 0.15) is 16.8 Å². The summed E-state index contributed by atoms with van der Waals surface area (Å²) in [5.41, 5.74) is 2.85. The van der Waals surface area contributed by atoms with E-state index in [9.17, 15) is 4.79 Å². The number of aromatic nitrogens is 1. The highest BCUT2D eigenvalue weighted by molar-refractivity contribution is 6.07. The van der Waals surface area contributed by atoms with E-state index < -0.39 is 0 Å². The number of carbonyl (C=O) groups excluding carboxylic acids is 1. The summed E-state index contributed by atoms with van der Waals surface area (Å²) >= 11 is 0. The fourth-order valence-corrected chi connectivity index (χ4v) is 3.23. The molecule has 0 saturated carbocycles. The van der Waals surface area contributed by atoms with Crippen LogP contribution in [-0.2, 0) is 0 Å². The molecule has 0 radical (unpaired) electrons. The second-order valence-corrected chi connectivity index (χ2v) is 6.57. The molecule has 4 rings (SSSR count). The van der Waals surface area contributed by atoms with Crippen molar-refractivity contribution in [2.75, 3.05) is 26.8 Å². The minimum Gasteiger partial charge on any atom is -0.486 e. The van der Waals surface area contributed by atoms with Crippen LogP contribution < -0.4 is 9.47 Å². The van der Waals surface area contributed by atoms with Crippen LogP contribution in [0.5, 0.6) is 11.5 Å². The van der Waals surface area contributed by atoms with E-state index in [-0.39, 0.29) is 5.91 Å². The van der Waals surface area contributed by atoms with E-state index in [1.165, 1.54) is 0 Å². The highest BCUT2D eigenvalue weighted by Crippen LogP contribution is 2.35. The SMILES string of the molecule is CN(CCC#N)C(=O)c1cc(-c2ccc3c(c2)OCCO3)nc2ccccc12. The Balaban J connectivity index is 1.80. The van der Waals surface area contributed by atoms with Gasteiger partial charge in [-0.05, 0) is 30.3 Å². The molecule has 0 atom stereocenters. The molecule has 140 valence electrons. The average molecular weight is 373 g/mol. The van der Waals surface area contributed by atoms with Gasteiger partial charge >= 0.3 is 0 Å². The van der Waals surface area contributed by atoms with Gasteiger partial charge in [0.2, 0.25) is 0 Å². The lowest BCUT2D eigenvalue weighted by Crippen LogP contribution is -2.27. The van der Waals surface area contributed by atoms with Crippen molar-refractivity contribution in [2.45, 2.75) is 6.42 Å². The van der Waals surface area contributed by atoms with Crippen LogP contribution in [-0.4, -0.2) is 42.6 Å². The summed E-state index contributed by atoms with van der Waals surface area (Å²) in [5.74, 6) is 1.26. The number of para-hydroxylation sites is 1. The molecular formula is C22H19N3O3. The fraction of sp³-hybridized carbons (Fsp3) is 0.227. The zero-order chi connectivity index (χ0) is 19.5. The van der Waals surface area contributed by atoms with Gasteiger partial charge in [0.1, 0.15) is 13.2 Å². The number of hydrogen-bond donors (Lipinski definition) is 0. The third-order valence-corrected chi connectivity index (χ3v) is 4.69. The summed E-state index contributed by atoms with van der Waals surface area (Å²) in [6.07, 6.45) is 0.292. The topological polar surface area (TPSA) is 75.5 Å². The highest BCUT2D eigenvalue weighted by Gasteiger charge is 2.19. The monoisotopic (exact) mass is 373 g/mol. The molecular weight excluding hydrogens is 354 g/mol. The first-order valence-corrected chi connectivity index (χ1v) is 9.09. The molecule has 0 saturated heterocycles. The summed E-state index contributed by atoms with van der Waals surface area (Å²) in [6.45, 7) is 1.43. The summed E-state index contributed by atoms with van der Waals surface area (Å²) < 4.78 is 11.3. The molecule has 1 aliphatic rings. The van der Waals surface area contributed by atoms with Gasteiger partial charge in [0.05, 0.1) is 29.3 Å². The van der Waals surface area contributed by atoms with Crippen LogP contribution in [0.4, 0.5) is 0 Å². The number of fused-ring (bicyclic) bond motifs is 2. The summed E-state index contributed by atoms with van der Waals surface area (Å²) in [5, 5.41) is 9.60. The lowest BCUT2D eigenvalue weighted by molar-refractivity contribution is 0.0800. The molecule has 3 aromatic rings. The smallest absolute Gasteiger partial charge is 0.254 e. The van der Waals surface area contributed by atoms with E-state index >= 15 is 0 Å². The first-order valence-electron chi connectivity index (χ1n) is 9.09. The van der Waals surface area contributed by atoms with E-state index in [4.69, 9.17) is 19.7 Å². The minimum atomic E-state index is -0.132. The van der Waals surface area contributed by atoms with Gasteiger partial charge in [0.15, 0.2) is 11.5 Å². The van der Waals surface area contributed by atoms with Gasteiger partial charge in [-0.3, -0.25) is 4.79 Å². The lowest BCUT2D eigenvalue weighted by atomic mass is 10.0. The van der Waals surface area contributed by atoms with Crippen molar-refractivity contribution in [1.29, 1.82) is 5.26 Å². The molecule has 6 nitrogen and oxygen atoms in total. The van der Waals surface area contributed by atoms with Crippen molar-refractivity contribution in [2.24, 2.45) is 0 Å². The summed E-state index contributed by atoms with van der Waals surface area (Å²) in [7, 11) is 1.71. The number of carbonyl (C=O) groups is 1. The number of pyridine rings is 1. The Kier molecular flexibility index (Phi) is 4.81. The van der Waals surface area contributed by atoms with E-state index in [1.807, 2.05) is 42.5 Å². The molecule has 0 spiro atoms. The maximum Gasteiger partial charge on any atom is 0.254 e. The van der Waals surface area contributed by atoms with Gasteiger partial charge in [-0.25, -0.2) is 4.98 Å². The van der Waals surface area contributed by atoms with Gasteiger partial charge in [-0.1, -0.05) is 18.2 Å². The molecule has 1 amide bonds. The molecule has 0 bridgehead atoms. The number of amides is 1. The summed E-state index contributed by atoms with van der Waals surface area (Å²) in [4.78, 5) is 19.3. The van der Waals surface area contributed by atoms with Crippen LogP contribution in [0.3, 0.4) is 0 Å². The predicted octanol–water partition coefficient (Wildman–Crippen LogP) is 3.66. The van der Waals surface area contributed by atoms with Crippen molar-refractivity contribution in [3.63, 3.8) is 0 Å². The Morgan fingerprint density at radius 2 is 1.93 bits per heavy atom. The largest absolute Gasteiger partial charge is 0.486 e. The lowest BCUT2D eigenvalue weighted by Gasteiger charge is -2.20. The average Bonchev–Trinajstić information content (AvgIpc) is 2.75. The molecule has 0 fully saturated rings. The summed E-state index contributed by atoms with van der Waals surface area (Å²) in [6, 6.07) is 17.1. The molecule has 1 aliphatic heterocycles. The van der Waals surface area contributed by atoms with Gasteiger partial charge in [0, 0.05) is 24.5 Å². The third-order valence-electron chi connectivity index (χ3n) is 4.69. The predicted molar refractivity (Wildman–Crippen MR) is 105 cm³/mol. The van der Waals surface area contributed by atoms with Crippen LogP contribution in [0.15, 0.2) is 48.5 Å². The van der Waals surface area contributed by atoms with E-state index in [2.05, 4.69) is 6.07 Å².